The molecule has 1 aliphatic heterocycles. The van der Waals surface area contributed by atoms with Crippen LogP contribution >= 0.6 is 46.9 Å². The van der Waals surface area contributed by atoms with Crippen LogP contribution in [0.25, 0.3) is 0 Å². The molecule has 0 bridgehead atoms. The SMILES string of the molecule is CCNC(=NCC(O)c1ccc(Cl)s1)NCCCCN1CCN(CC)CC1.I. The van der Waals surface area contributed by atoms with Gasteiger partial charge in [0.15, 0.2) is 5.96 Å². The van der Waals surface area contributed by atoms with Crippen LogP contribution in [0.5, 0.6) is 0 Å². The molecule has 0 spiro atoms. The maximum absolute atomic E-state index is 10.2. The van der Waals surface area contributed by atoms with Crippen LogP contribution in [0.15, 0.2) is 17.1 Å². The van der Waals surface area contributed by atoms with Crippen molar-refractivity contribution >= 4 is 52.9 Å². The number of unbranched alkanes of at least 4 members (excludes halogenated alkanes) is 1. The monoisotopic (exact) mass is 543 g/mol. The van der Waals surface area contributed by atoms with Crippen molar-refractivity contribution in [2.24, 2.45) is 4.99 Å². The second-order valence-corrected chi connectivity index (χ2v) is 8.53. The van der Waals surface area contributed by atoms with Crippen LogP contribution in [0, 0.1) is 0 Å². The molecule has 28 heavy (non-hydrogen) atoms. The number of nitrogens with one attached hydrogen (secondary N) is 2. The van der Waals surface area contributed by atoms with E-state index in [1.54, 1.807) is 6.07 Å². The summed E-state index contributed by atoms with van der Waals surface area (Å²) < 4.78 is 0.689. The van der Waals surface area contributed by atoms with Crippen molar-refractivity contribution in [1.82, 2.24) is 20.4 Å². The van der Waals surface area contributed by atoms with Gasteiger partial charge >= 0.3 is 0 Å². The van der Waals surface area contributed by atoms with Crippen molar-refractivity contribution < 1.29 is 5.11 Å². The fraction of sp³-hybridized carbons (Fsp3) is 0.737. The maximum atomic E-state index is 10.2. The highest BCUT2D eigenvalue weighted by Crippen LogP contribution is 2.26. The number of likely N-dealkylation sites (N-methyl/N-ethyl adjacent to an activating group) is 1. The van der Waals surface area contributed by atoms with Gasteiger partial charge in [-0.15, -0.1) is 35.3 Å². The summed E-state index contributed by atoms with van der Waals surface area (Å²) in [6.45, 7) is 13.4. The van der Waals surface area contributed by atoms with Crippen LogP contribution in [0.1, 0.15) is 37.7 Å². The van der Waals surface area contributed by atoms with Crippen molar-refractivity contribution in [2.75, 3.05) is 58.9 Å². The quantitative estimate of drug-likeness (QED) is 0.183. The number of piperazine rings is 1. The van der Waals surface area contributed by atoms with Gasteiger partial charge in [-0.2, -0.15) is 0 Å². The van der Waals surface area contributed by atoms with E-state index in [1.807, 2.05) is 13.0 Å². The van der Waals surface area contributed by atoms with Crippen molar-refractivity contribution in [2.45, 2.75) is 32.8 Å². The Hall–Kier alpha value is -0.130. The predicted molar refractivity (Wildman–Crippen MR) is 131 cm³/mol. The van der Waals surface area contributed by atoms with E-state index < -0.39 is 6.10 Å². The summed E-state index contributed by atoms with van der Waals surface area (Å²) in [6.07, 6.45) is 1.69. The third-order valence-electron chi connectivity index (χ3n) is 4.79. The Morgan fingerprint density at radius 1 is 1.18 bits per heavy atom. The Labute approximate surface area is 195 Å². The normalized spacial score (nSPS) is 17.2. The molecule has 162 valence electrons. The molecule has 9 heteroatoms. The zero-order valence-electron chi connectivity index (χ0n) is 17.0. The van der Waals surface area contributed by atoms with E-state index in [2.05, 4.69) is 32.3 Å². The number of aliphatic hydroxyl groups is 1. The van der Waals surface area contributed by atoms with E-state index in [0.29, 0.717) is 10.9 Å². The summed E-state index contributed by atoms with van der Waals surface area (Å²) in [4.78, 5) is 10.4. The second kappa shape index (κ2) is 14.8. The van der Waals surface area contributed by atoms with E-state index >= 15 is 0 Å². The van der Waals surface area contributed by atoms with Crippen molar-refractivity contribution in [3.63, 3.8) is 0 Å². The average molecular weight is 544 g/mol. The largest absolute Gasteiger partial charge is 0.386 e. The number of rotatable bonds is 10. The third-order valence-corrected chi connectivity index (χ3v) is 6.13. The standard InChI is InChI=1S/C19H34ClN5OS.HI/c1-3-21-19(23-15-16(26)17-7-8-18(20)27-17)22-9-5-6-10-25-13-11-24(4-2)12-14-25;/h7-8,16,26H,3-6,9-15H2,1-2H3,(H2,21,22,23);1H. The fourth-order valence-electron chi connectivity index (χ4n) is 3.11. The number of guanidine groups is 1. The minimum absolute atomic E-state index is 0. The highest BCUT2D eigenvalue weighted by Gasteiger charge is 2.14. The van der Waals surface area contributed by atoms with Crippen LogP contribution in [-0.4, -0.2) is 79.8 Å². The van der Waals surface area contributed by atoms with E-state index in [-0.39, 0.29) is 24.0 Å². The van der Waals surface area contributed by atoms with Gasteiger partial charge in [-0.05, 0) is 45.0 Å². The van der Waals surface area contributed by atoms with Gasteiger partial charge in [-0.25, -0.2) is 0 Å². The molecule has 2 heterocycles. The van der Waals surface area contributed by atoms with E-state index in [4.69, 9.17) is 11.6 Å². The minimum atomic E-state index is -0.611. The number of thiophene rings is 1. The number of aliphatic hydroxyl groups excluding tert-OH is 1. The van der Waals surface area contributed by atoms with Crippen LogP contribution in [-0.2, 0) is 0 Å². The van der Waals surface area contributed by atoms with Crippen LogP contribution in [0.3, 0.4) is 0 Å². The van der Waals surface area contributed by atoms with Gasteiger partial charge in [0.1, 0.15) is 6.10 Å². The van der Waals surface area contributed by atoms with Crippen molar-refractivity contribution in [3.05, 3.63) is 21.3 Å². The number of halogens is 2. The molecule has 0 radical (unpaired) electrons. The van der Waals surface area contributed by atoms with Crippen LogP contribution in [0.4, 0.5) is 0 Å². The molecule has 1 unspecified atom stereocenters. The van der Waals surface area contributed by atoms with Gasteiger partial charge in [-0.3, -0.25) is 4.99 Å². The molecule has 0 amide bonds. The smallest absolute Gasteiger partial charge is 0.191 e. The summed E-state index contributed by atoms with van der Waals surface area (Å²) >= 11 is 7.32. The van der Waals surface area contributed by atoms with Gasteiger partial charge in [-0.1, -0.05) is 18.5 Å². The Bertz CT molecular complexity index is 566. The molecule has 0 aliphatic carbocycles. The van der Waals surface area contributed by atoms with Crippen molar-refractivity contribution in [3.8, 4) is 0 Å². The molecule has 0 aromatic carbocycles. The summed E-state index contributed by atoms with van der Waals surface area (Å²) in [5.41, 5.74) is 0. The zero-order valence-corrected chi connectivity index (χ0v) is 20.9. The molecule has 1 aromatic rings. The van der Waals surface area contributed by atoms with Gasteiger partial charge in [0, 0.05) is 44.1 Å². The number of nitrogens with zero attached hydrogens (tertiary/aromatic N) is 3. The first-order valence-corrected chi connectivity index (χ1v) is 11.2. The predicted octanol–water partition coefficient (Wildman–Crippen LogP) is 3.03. The molecule has 1 aliphatic rings. The molecule has 2 rings (SSSR count). The van der Waals surface area contributed by atoms with Crippen LogP contribution < -0.4 is 10.6 Å². The lowest BCUT2D eigenvalue weighted by Gasteiger charge is -2.34. The highest BCUT2D eigenvalue weighted by atomic mass is 127. The number of hydrogen-bond donors (Lipinski definition) is 3. The average Bonchev–Trinajstić information content (AvgIpc) is 3.12. The Kier molecular flexibility index (Phi) is 13.7. The summed E-state index contributed by atoms with van der Waals surface area (Å²) in [5.74, 6) is 0.760. The molecule has 3 N–H and O–H groups in total. The molecule has 1 saturated heterocycles. The Balaban J connectivity index is 0.00000392. The van der Waals surface area contributed by atoms with Gasteiger partial charge in [0.25, 0.3) is 0 Å². The highest BCUT2D eigenvalue weighted by molar-refractivity contribution is 14.0. The lowest BCUT2D eigenvalue weighted by atomic mass is 10.2. The summed E-state index contributed by atoms with van der Waals surface area (Å²) in [6, 6.07) is 3.66. The topological polar surface area (TPSA) is 63.1 Å². The van der Waals surface area contributed by atoms with E-state index in [9.17, 15) is 5.11 Å². The van der Waals surface area contributed by atoms with Crippen molar-refractivity contribution in [1.29, 1.82) is 0 Å². The third kappa shape index (κ3) is 9.58. The first-order valence-electron chi connectivity index (χ1n) is 10.0. The second-order valence-electron chi connectivity index (χ2n) is 6.79. The maximum Gasteiger partial charge on any atom is 0.191 e. The Morgan fingerprint density at radius 3 is 2.50 bits per heavy atom. The van der Waals surface area contributed by atoms with Gasteiger partial charge < -0.3 is 25.5 Å². The minimum Gasteiger partial charge on any atom is -0.386 e. The fourth-order valence-corrected chi connectivity index (χ4v) is 4.15. The molecule has 6 nitrogen and oxygen atoms in total. The molecular formula is C19H35ClIN5OS. The zero-order chi connectivity index (χ0) is 19.5. The summed E-state index contributed by atoms with van der Waals surface area (Å²) in [7, 11) is 0. The number of aliphatic imine (C=N–C) groups is 1. The summed E-state index contributed by atoms with van der Waals surface area (Å²) in [5, 5.41) is 16.8. The van der Waals surface area contributed by atoms with Gasteiger partial charge in [0.05, 0.1) is 10.9 Å². The lowest BCUT2D eigenvalue weighted by molar-refractivity contribution is 0.136. The van der Waals surface area contributed by atoms with E-state index in [0.717, 1.165) is 30.3 Å². The molecule has 1 atom stereocenters. The van der Waals surface area contributed by atoms with Gasteiger partial charge in [0.2, 0.25) is 0 Å². The molecule has 0 saturated carbocycles. The van der Waals surface area contributed by atoms with Crippen LogP contribution in [0.2, 0.25) is 4.34 Å². The molecule has 1 aromatic heterocycles. The first kappa shape index (κ1) is 25.9. The number of hydrogen-bond acceptors (Lipinski definition) is 5. The first-order chi connectivity index (χ1) is 13.1. The molecule has 1 fully saturated rings. The lowest BCUT2D eigenvalue weighted by Crippen LogP contribution is -2.46. The molecular weight excluding hydrogens is 509 g/mol. The van der Waals surface area contributed by atoms with E-state index in [1.165, 1.54) is 57.0 Å². The Morgan fingerprint density at radius 2 is 1.89 bits per heavy atom.